The van der Waals surface area contributed by atoms with Gasteiger partial charge in [0.05, 0.1) is 0 Å². The largest absolute Gasteiger partial charge is 0.369 e. The van der Waals surface area contributed by atoms with Gasteiger partial charge in [-0.25, -0.2) is 4.79 Å². The fourth-order valence-electron chi connectivity index (χ4n) is 2.23. The normalized spacial score (nSPS) is 10.9. The highest BCUT2D eigenvalue weighted by Gasteiger charge is 2.14. The second kappa shape index (κ2) is 8.46. The minimum Gasteiger partial charge on any atom is -0.299 e. The Balaban J connectivity index is 1.34. The Morgan fingerprint density at radius 3 is 2.75 bits per heavy atom. The van der Waals surface area contributed by atoms with Crippen molar-refractivity contribution in [2.24, 2.45) is 0 Å². The van der Waals surface area contributed by atoms with Gasteiger partial charge < -0.3 is 0 Å². The van der Waals surface area contributed by atoms with Gasteiger partial charge in [-0.15, -0.1) is 21.5 Å². The van der Waals surface area contributed by atoms with E-state index in [1.54, 1.807) is 23.9 Å². The molecule has 0 aliphatic rings. The average molecular weight is 432 g/mol. The van der Waals surface area contributed by atoms with Crippen molar-refractivity contribution in [3.63, 3.8) is 0 Å². The Kier molecular flexibility index (Phi) is 5.60. The van der Waals surface area contributed by atoms with Gasteiger partial charge in [0.1, 0.15) is 11.5 Å². The second-order valence-corrected chi connectivity index (χ2v) is 8.60. The van der Waals surface area contributed by atoms with Gasteiger partial charge in [0, 0.05) is 5.75 Å². The number of aromatic nitrogens is 6. The molecule has 1 amide bonds. The molecule has 0 aliphatic heterocycles. The summed E-state index contributed by atoms with van der Waals surface area (Å²) in [6.07, 6.45) is 0. The zero-order chi connectivity index (χ0) is 19.3. The third kappa shape index (κ3) is 4.35. The Hall–Kier alpha value is -2.83. The molecule has 1 N–H and O–H groups in total. The second-order valence-electron chi connectivity index (χ2n) is 5.48. The topological polar surface area (TPSA) is 108 Å². The van der Waals surface area contributed by atoms with Crippen LogP contribution in [0.5, 0.6) is 0 Å². The first-order valence-corrected chi connectivity index (χ1v) is 10.7. The van der Waals surface area contributed by atoms with E-state index in [2.05, 4.69) is 25.9 Å². The van der Waals surface area contributed by atoms with Crippen LogP contribution in [0.2, 0.25) is 0 Å². The molecule has 1 aromatic carbocycles. The zero-order valence-electron chi connectivity index (χ0n) is 14.3. The van der Waals surface area contributed by atoms with Crippen molar-refractivity contribution in [3.05, 3.63) is 63.9 Å². The molecule has 4 rings (SSSR count). The molecule has 12 heteroatoms. The van der Waals surface area contributed by atoms with E-state index >= 15 is 0 Å². The van der Waals surface area contributed by atoms with E-state index in [1.165, 1.54) is 28.2 Å². The quantitative estimate of drug-likeness (QED) is 0.353. The van der Waals surface area contributed by atoms with Crippen LogP contribution in [-0.4, -0.2) is 35.9 Å². The summed E-state index contributed by atoms with van der Waals surface area (Å²) in [6.45, 7) is -0.254. The fraction of sp³-hybridized carbons (Fsp3) is 0.125. The van der Waals surface area contributed by atoms with Gasteiger partial charge in [0.15, 0.2) is 4.34 Å². The van der Waals surface area contributed by atoms with Crippen molar-refractivity contribution in [1.82, 2.24) is 30.0 Å². The Morgan fingerprint density at radius 1 is 1.11 bits per heavy atom. The van der Waals surface area contributed by atoms with Crippen LogP contribution in [-0.2, 0) is 17.1 Å². The van der Waals surface area contributed by atoms with Gasteiger partial charge in [-0.3, -0.25) is 10.1 Å². The summed E-state index contributed by atoms with van der Waals surface area (Å²) in [5.41, 5.74) is 0.704. The summed E-state index contributed by atoms with van der Waals surface area (Å²) < 4.78 is 2.91. The maximum Gasteiger partial charge on any atom is 0.369 e. The first-order chi connectivity index (χ1) is 13.7. The molecule has 3 heterocycles. The number of carbonyl (C=O) groups excluding carboxylic acids is 1. The van der Waals surface area contributed by atoms with Gasteiger partial charge >= 0.3 is 5.69 Å². The lowest BCUT2D eigenvalue weighted by molar-refractivity contribution is -0.117. The highest BCUT2D eigenvalue weighted by Crippen LogP contribution is 2.28. The van der Waals surface area contributed by atoms with Crippen molar-refractivity contribution in [2.45, 2.75) is 16.6 Å². The van der Waals surface area contributed by atoms with E-state index in [-0.39, 0.29) is 6.54 Å². The van der Waals surface area contributed by atoms with Crippen molar-refractivity contribution in [2.75, 3.05) is 5.32 Å². The van der Waals surface area contributed by atoms with E-state index < -0.39 is 11.6 Å². The number of hydrogen-bond donors (Lipinski definition) is 1. The van der Waals surface area contributed by atoms with Gasteiger partial charge in [-0.05, 0) is 33.5 Å². The summed E-state index contributed by atoms with van der Waals surface area (Å²) in [5.74, 6) is 0.348. The van der Waals surface area contributed by atoms with Crippen molar-refractivity contribution < 1.29 is 4.79 Å². The van der Waals surface area contributed by atoms with E-state index in [4.69, 9.17) is 0 Å². The summed E-state index contributed by atoms with van der Waals surface area (Å²) in [6, 6.07) is 13.6. The summed E-state index contributed by atoms with van der Waals surface area (Å²) in [4.78, 5) is 24.5. The average Bonchev–Trinajstić information content (AvgIpc) is 3.44. The maximum absolute atomic E-state index is 12.3. The third-order valence-electron chi connectivity index (χ3n) is 3.51. The number of tetrazole rings is 1. The molecule has 0 fully saturated rings. The predicted molar refractivity (Wildman–Crippen MR) is 108 cm³/mol. The van der Waals surface area contributed by atoms with Gasteiger partial charge in [0.2, 0.25) is 11.0 Å². The Bertz CT molecular complexity index is 1120. The monoisotopic (exact) mass is 431 g/mol. The molecule has 9 nitrogen and oxygen atoms in total. The number of nitrogens with zero attached hydrogens (tertiary/aromatic N) is 6. The smallest absolute Gasteiger partial charge is 0.299 e. The standard InChI is InChI=1S/C16H13N7O2S3/c24-12(9-22-16(25)23(21-20-22)13-7-4-8-26-13)17-14-18-19-15(28-14)27-10-11-5-2-1-3-6-11/h1-8H,9-10H2,(H,17,18,24). The molecule has 4 aromatic rings. The van der Waals surface area contributed by atoms with Crippen LogP contribution in [0, 0.1) is 0 Å². The lowest BCUT2D eigenvalue weighted by Gasteiger charge is -1.99. The fourth-order valence-corrected chi connectivity index (χ4v) is 4.63. The van der Waals surface area contributed by atoms with Crippen LogP contribution in [0.3, 0.4) is 0 Å². The van der Waals surface area contributed by atoms with Gasteiger partial charge in [0.25, 0.3) is 0 Å². The summed E-state index contributed by atoms with van der Waals surface area (Å²) in [7, 11) is 0. The molecular weight excluding hydrogens is 418 g/mol. The predicted octanol–water partition coefficient (Wildman–Crippen LogP) is 2.27. The number of anilines is 1. The molecule has 28 heavy (non-hydrogen) atoms. The van der Waals surface area contributed by atoms with E-state index in [1.807, 2.05) is 35.7 Å². The lowest BCUT2D eigenvalue weighted by atomic mass is 10.2. The molecule has 0 saturated heterocycles. The molecule has 0 saturated carbocycles. The molecule has 3 aromatic heterocycles. The molecule has 0 radical (unpaired) electrons. The first-order valence-electron chi connectivity index (χ1n) is 8.06. The SMILES string of the molecule is O=C(Cn1nnn(-c2cccs2)c1=O)Nc1nnc(SCc2ccccc2)s1. The number of thioether (sulfide) groups is 1. The van der Waals surface area contributed by atoms with Crippen LogP contribution in [0.25, 0.3) is 5.00 Å². The number of hydrogen-bond acceptors (Lipinski definition) is 9. The molecule has 0 spiro atoms. The molecule has 0 bridgehead atoms. The number of thiophene rings is 1. The third-order valence-corrected chi connectivity index (χ3v) is 6.39. The van der Waals surface area contributed by atoms with Crippen molar-refractivity contribution in [3.8, 4) is 5.00 Å². The number of rotatable bonds is 7. The minimum atomic E-state index is -0.478. The number of carbonyl (C=O) groups is 1. The minimum absolute atomic E-state index is 0.254. The summed E-state index contributed by atoms with van der Waals surface area (Å²) >= 11 is 4.18. The van der Waals surface area contributed by atoms with E-state index in [0.29, 0.717) is 10.1 Å². The van der Waals surface area contributed by atoms with Gasteiger partial charge in [-0.1, -0.05) is 53.4 Å². The summed E-state index contributed by atoms with van der Waals surface area (Å²) in [5, 5.41) is 21.1. The molecule has 142 valence electrons. The maximum atomic E-state index is 12.3. The zero-order valence-corrected chi connectivity index (χ0v) is 16.7. The highest BCUT2D eigenvalue weighted by molar-refractivity contribution is 8.00. The van der Waals surface area contributed by atoms with Crippen molar-refractivity contribution in [1.29, 1.82) is 0 Å². The van der Waals surface area contributed by atoms with Crippen LogP contribution in [0.1, 0.15) is 5.56 Å². The molecule has 0 aliphatic carbocycles. The highest BCUT2D eigenvalue weighted by atomic mass is 32.2. The van der Waals surface area contributed by atoms with E-state index in [9.17, 15) is 9.59 Å². The molecule has 0 unspecified atom stereocenters. The van der Waals surface area contributed by atoms with Crippen molar-refractivity contribution >= 4 is 45.5 Å². The van der Waals surface area contributed by atoms with Crippen LogP contribution >= 0.6 is 34.4 Å². The van der Waals surface area contributed by atoms with Gasteiger partial charge in [-0.2, -0.15) is 9.36 Å². The Labute approximate surface area is 171 Å². The number of benzene rings is 1. The number of nitrogens with one attached hydrogen (secondary N) is 1. The van der Waals surface area contributed by atoms with E-state index in [0.717, 1.165) is 19.5 Å². The van der Waals surface area contributed by atoms with Crippen LogP contribution < -0.4 is 11.0 Å². The van der Waals surface area contributed by atoms with Crippen LogP contribution in [0.4, 0.5) is 5.13 Å². The molecular formula is C16H13N7O2S3. The first kappa shape index (κ1) is 18.5. The number of amides is 1. The van der Waals surface area contributed by atoms with Crippen LogP contribution in [0.15, 0.2) is 57.0 Å². The Morgan fingerprint density at radius 2 is 1.96 bits per heavy atom. The lowest BCUT2D eigenvalue weighted by Crippen LogP contribution is -2.29. The molecule has 0 atom stereocenters.